The van der Waals surface area contributed by atoms with Crippen LogP contribution in [0, 0.1) is 13.8 Å². The number of anilines is 1. The molecule has 1 fully saturated rings. The first-order valence-corrected chi connectivity index (χ1v) is 8.47. The SMILES string of the molecule is Cc1ccc(-c2cnc3ccc(NC4CCOCC4)nn23)cc1C. The molecule has 5 heteroatoms. The van der Waals surface area contributed by atoms with Gasteiger partial charge >= 0.3 is 0 Å². The van der Waals surface area contributed by atoms with Gasteiger partial charge in [0.2, 0.25) is 0 Å². The molecule has 0 amide bonds. The molecule has 1 N–H and O–H groups in total. The molecule has 24 heavy (non-hydrogen) atoms. The molecule has 2 aromatic heterocycles. The fraction of sp³-hybridized carbons (Fsp3) is 0.368. The average Bonchev–Trinajstić information content (AvgIpc) is 3.01. The lowest BCUT2D eigenvalue weighted by Crippen LogP contribution is -2.28. The lowest BCUT2D eigenvalue weighted by atomic mass is 10.0. The minimum atomic E-state index is 0.428. The zero-order valence-electron chi connectivity index (χ0n) is 14.1. The van der Waals surface area contributed by atoms with Crippen molar-refractivity contribution < 1.29 is 4.74 Å². The normalized spacial score (nSPS) is 15.8. The number of aryl methyl sites for hydroxylation is 2. The predicted molar refractivity (Wildman–Crippen MR) is 95.4 cm³/mol. The van der Waals surface area contributed by atoms with Crippen LogP contribution in [0.1, 0.15) is 24.0 Å². The summed E-state index contributed by atoms with van der Waals surface area (Å²) in [5.74, 6) is 0.887. The van der Waals surface area contributed by atoms with Crippen molar-refractivity contribution in [3.05, 3.63) is 47.7 Å². The fourth-order valence-electron chi connectivity index (χ4n) is 3.10. The van der Waals surface area contributed by atoms with Crippen molar-refractivity contribution in [1.82, 2.24) is 14.6 Å². The first kappa shape index (κ1) is 15.1. The van der Waals surface area contributed by atoms with E-state index in [1.165, 1.54) is 11.1 Å². The highest BCUT2D eigenvalue weighted by atomic mass is 16.5. The van der Waals surface area contributed by atoms with Gasteiger partial charge in [0.25, 0.3) is 0 Å². The highest BCUT2D eigenvalue weighted by Crippen LogP contribution is 2.23. The van der Waals surface area contributed by atoms with Crippen molar-refractivity contribution in [1.29, 1.82) is 0 Å². The zero-order chi connectivity index (χ0) is 16.5. The Hall–Kier alpha value is -2.40. The van der Waals surface area contributed by atoms with Crippen molar-refractivity contribution >= 4 is 11.5 Å². The number of nitrogens with zero attached hydrogens (tertiary/aromatic N) is 3. The van der Waals surface area contributed by atoms with Gasteiger partial charge in [0.1, 0.15) is 5.82 Å². The number of rotatable bonds is 3. The largest absolute Gasteiger partial charge is 0.381 e. The van der Waals surface area contributed by atoms with E-state index in [9.17, 15) is 0 Å². The van der Waals surface area contributed by atoms with Crippen molar-refractivity contribution in [2.24, 2.45) is 0 Å². The van der Waals surface area contributed by atoms with Crippen molar-refractivity contribution in [3.63, 3.8) is 0 Å². The summed E-state index contributed by atoms with van der Waals surface area (Å²) < 4.78 is 7.34. The molecule has 0 radical (unpaired) electrons. The van der Waals surface area contributed by atoms with Crippen LogP contribution in [-0.2, 0) is 4.74 Å². The molecule has 0 unspecified atom stereocenters. The molecule has 124 valence electrons. The van der Waals surface area contributed by atoms with Crippen LogP contribution < -0.4 is 5.32 Å². The van der Waals surface area contributed by atoms with E-state index in [2.05, 4.69) is 42.3 Å². The van der Waals surface area contributed by atoms with Gasteiger partial charge in [0.05, 0.1) is 11.9 Å². The summed E-state index contributed by atoms with van der Waals surface area (Å²) >= 11 is 0. The summed E-state index contributed by atoms with van der Waals surface area (Å²) in [5, 5.41) is 8.28. The lowest BCUT2D eigenvalue weighted by molar-refractivity contribution is 0.0903. The minimum Gasteiger partial charge on any atom is -0.381 e. The topological polar surface area (TPSA) is 51.5 Å². The summed E-state index contributed by atoms with van der Waals surface area (Å²) in [6.07, 6.45) is 3.94. The minimum absolute atomic E-state index is 0.428. The molecule has 5 nitrogen and oxygen atoms in total. The van der Waals surface area contributed by atoms with E-state index in [0.29, 0.717) is 6.04 Å². The maximum Gasteiger partial charge on any atom is 0.154 e. The number of imidazole rings is 1. The molecule has 3 heterocycles. The monoisotopic (exact) mass is 322 g/mol. The summed E-state index contributed by atoms with van der Waals surface area (Å²) in [6.45, 7) is 5.90. The van der Waals surface area contributed by atoms with E-state index in [0.717, 1.165) is 48.8 Å². The third-order valence-corrected chi connectivity index (χ3v) is 4.74. The van der Waals surface area contributed by atoms with Gasteiger partial charge in [-0.25, -0.2) is 9.50 Å². The van der Waals surface area contributed by atoms with Crippen molar-refractivity contribution in [2.75, 3.05) is 18.5 Å². The Labute approximate surface area is 141 Å². The van der Waals surface area contributed by atoms with Crippen LogP contribution in [0.3, 0.4) is 0 Å². The maximum absolute atomic E-state index is 5.42. The molecule has 3 aromatic rings. The molecule has 0 bridgehead atoms. The number of aromatic nitrogens is 3. The van der Waals surface area contributed by atoms with Gasteiger partial charge in [-0.15, -0.1) is 5.10 Å². The Balaban J connectivity index is 1.68. The second-order valence-corrected chi connectivity index (χ2v) is 6.46. The Morgan fingerprint density at radius 3 is 2.71 bits per heavy atom. The summed E-state index contributed by atoms with van der Waals surface area (Å²) in [7, 11) is 0. The number of ether oxygens (including phenoxy) is 1. The second-order valence-electron chi connectivity index (χ2n) is 6.46. The third kappa shape index (κ3) is 2.87. The van der Waals surface area contributed by atoms with Gasteiger partial charge in [0.15, 0.2) is 5.65 Å². The quantitative estimate of drug-likeness (QED) is 0.800. The van der Waals surface area contributed by atoms with Crippen LogP contribution in [-0.4, -0.2) is 33.9 Å². The highest BCUT2D eigenvalue weighted by molar-refractivity contribution is 5.65. The number of nitrogens with one attached hydrogen (secondary N) is 1. The Morgan fingerprint density at radius 1 is 1.08 bits per heavy atom. The third-order valence-electron chi connectivity index (χ3n) is 4.74. The fourth-order valence-corrected chi connectivity index (χ4v) is 3.10. The summed E-state index contributed by atoms with van der Waals surface area (Å²) in [6, 6.07) is 10.9. The molecule has 1 aliphatic heterocycles. The van der Waals surface area contributed by atoms with Crippen molar-refractivity contribution in [2.45, 2.75) is 32.7 Å². The number of fused-ring (bicyclic) bond motifs is 1. The number of hydrogen-bond acceptors (Lipinski definition) is 4. The molecular weight excluding hydrogens is 300 g/mol. The van der Waals surface area contributed by atoms with E-state index in [1.807, 2.05) is 22.8 Å². The van der Waals surface area contributed by atoms with Gasteiger partial charge in [-0.1, -0.05) is 12.1 Å². The molecule has 0 saturated carbocycles. The van der Waals surface area contributed by atoms with E-state index >= 15 is 0 Å². The van der Waals surface area contributed by atoms with Crippen molar-refractivity contribution in [3.8, 4) is 11.3 Å². The van der Waals surface area contributed by atoms with Crippen LogP contribution in [0.25, 0.3) is 16.9 Å². The molecule has 1 aliphatic rings. The molecule has 4 rings (SSSR count). The van der Waals surface area contributed by atoms with Gasteiger partial charge in [-0.05, 0) is 56.0 Å². The molecule has 1 saturated heterocycles. The van der Waals surface area contributed by atoms with Crippen LogP contribution >= 0.6 is 0 Å². The molecule has 1 aromatic carbocycles. The maximum atomic E-state index is 5.42. The second kappa shape index (κ2) is 6.24. The van der Waals surface area contributed by atoms with Gasteiger partial charge in [-0.2, -0.15) is 0 Å². The smallest absolute Gasteiger partial charge is 0.154 e. The molecule has 0 spiro atoms. The standard InChI is InChI=1S/C19H22N4O/c1-13-3-4-15(11-14(13)2)17-12-20-19-6-5-18(22-23(17)19)21-16-7-9-24-10-8-16/h3-6,11-12,16H,7-10H2,1-2H3,(H,21,22). The Kier molecular flexibility index (Phi) is 3.94. The molecular formula is C19H22N4O. The summed E-state index contributed by atoms with van der Waals surface area (Å²) in [4.78, 5) is 4.49. The number of hydrogen-bond donors (Lipinski definition) is 1. The Morgan fingerprint density at radius 2 is 1.92 bits per heavy atom. The van der Waals surface area contributed by atoms with E-state index < -0.39 is 0 Å². The van der Waals surface area contributed by atoms with E-state index in [-0.39, 0.29) is 0 Å². The molecule has 0 aliphatic carbocycles. The summed E-state index contributed by atoms with van der Waals surface area (Å²) in [5.41, 5.74) is 5.59. The van der Waals surface area contributed by atoms with E-state index in [4.69, 9.17) is 9.84 Å². The van der Waals surface area contributed by atoms with Crippen LogP contribution in [0.4, 0.5) is 5.82 Å². The molecule has 0 atom stereocenters. The van der Waals surface area contributed by atoms with Crippen LogP contribution in [0.5, 0.6) is 0 Å². The van der Waals surface area contributed by atoms with Gasteiger partial charge in [-0.3, -0.25) is 0 Å². The first-order valence-electron chi connectivity index (χ1n) is 8.47. The predicted octanol–water partition coefficient (Wildman–Crippen LogP) is 3.60. The average molecular weight is 322 g/mol. The first-order chi connectivity index (χ1) is 11.7. The van der Waals surface area contributed by atoms with Gasteiger partial charge < -0.3 is 10.1 Å². The Bertz CT molecular complexity index is 865. The lowest BCUT2D eigenvalue weighted by Gasteiger charge is -2.23. The highest BCUT2D eigenvalue weighted by Gasteiger charge is 2.15. The van der Waals surface area contributed by atoms with Crippen LogP contribution in [0.15, 0.2) is 36.5 Å². The van der Waals surface area contributed by atoms with E-state index in [1.54, 1.807) is 0 Å². The zero-order valence-corrected chi connectivity index (χ0v) is 14.1. The van der Waals surface area contributed by atoms with Gasteiger partial charge in [0, 0.05) is 24.8 Å². The van der Waals surface area contributed by atoms with Crippen LogP contribution in [0.2, 0.25) is 0 Å². The number of benzene rings is 1.